The summed E-state index contributed by atoms with van der Waals surface area (Å²) in [6.07, 6.45) is -4.45. The summed E-state index contributed by atoms with van der Waals surface area (Å²) in [5.41, 5.74) is -0.706. The highest BCUT2D eigenvalue weighted by Gasteiger charge is 2.30. The van der Waals surface area contributed by atoms with Gasteiger partial charge in [0.25, 0.3) is 5.69 Å². The molecule has 2 aromatic carbocycles. The molecule has 0 aliphatic rings. The Kier molecular flexibility index (Phi) is 4.73. The third-order valence-corrected chi connectivity index (χ3v) is 3.01. The normalized spacial score (nSPS) is 11.1. The molecule has 0 heterocycles. The highest BCUT2D eigenvalue weighted by molar-refractivity contribution is 5.48. The molecule has 0 bridgehead atoms. The van der Waals surface area contributed by atoms with Crippen molar-refractivity contribution in [2.24, 2.45) is 0 Å². The second-order valence-corrected chi connectivity index (χ2v) is 4.58. The maximum atomic E-state index is 12.7. The lowest BCUT2D eigenvalue weighted by Crippen LogP contribution is -2.06. The number of halogens is 3. The molecule has 5 nitrogen and oxygen atoms in total. The van der Waals surface area contributed by atoms with Gasteiger partial charge in [-0.2, -0.15) is 13.2 Å². The third kappa shape index (κ3) is 4.12. The molecule has 2 aromatic rings. The van der Waals surface area contributed by atoms with Gasteiger partial charge in [0.15, 0.2) is 11.5 Å². The lowest BCUT2D eigenvalue weighted by Gasteiger charge is -2.12. The quantitative estimate of drug-likeness (QED) is 0.610. The molecule has 0 aliphatic heterocycles. The molecular formula is C15H12F3NO4. The van der Waals surface area contributed by atoms with Gasteiger partial charge in [-0.1, -0.05) is 12.1 Å². The van der Waals surface area contributed by atoms with Gasteiger partial charge in [-0.05, 0) is 23.8 Å². The minimum Gasteiger partial charge on any atom is -0.493 e. The lowest BCUT2D eigenvalue weighted by atomic mass is 10.1. The van der Waals surface area contributed by atoms with E-state index in [4.69, 9.17) is 9.47 Å². The summed E-state index contributed by atoms with van der Waals surface area (Å²) in [7, 11) is 1.36. The topological polar surface area (TPSA) is 61.6 Å². The van der Waals surface area contributed by atoms with Crippen molar-refractivity contribution < 1.29 is 27.6 Å². The van der Waals surface area contributed by atoms with E-state index in [1.54, 1.807) is 0 Å². The van der Waals surface area contributed by atoms with Gasteiger partial charge >= 0.3 is 6.18 Å². The molecule has 8 heteroatoms. The number of methoxy groups -OCH3 is 1. The molecule has 0 aliphatic carbocycles. The molecule has 0 saturated carbocycles. The van der Waals surface area contributed by atoms with Crippen molar-refractivity contribution in [1.82, 2.24) is 0 Å². The fourth-order valence-electron chi connectivity index (χ4n) is 1.89. The Hall–Kier alpha value is -2.77. The van der Waals surface area contributed by atoms with E-state index in [1.165, 1.54) is 31.4 Å². The van der Waals surface area contributed by atoms with Crippen molar-refractivity contribution in [3.8, 4) is 11.5 Å². The van der Waals surface area contributed by atoms with Crippen LogP contribution in [0.5, 0.6) is 11.5 Å². The van der Waals surface area contributed by atoms with Crippen molar-refractivity contribution in [2.45, 2.75) is 12.8 Å². The predicted molar refractivity (Wildman–Crippen MR) is 75.4 cm³/mol. The zero-order valence-electron chi connectivity index (χ0n) is 12.0. The molecule has 2 rings (SSSR count). The Labute approximate surface area is 129 Å². The molecule has 0 amide bonds. The molecule has 0 aromatic heterocycles. The van der Waals surface area contributed by atoms with E-state index in [2.05, 4.69) is 0 Å². The summed E-state index contributed by atoms with van der Waals surface area (Å²) in [4.78, 5) is 10.2. The number of rotatable bonds is 5. The summed E-state index contributed by atoms with van der Waals surface area (Å²) >= 11 is 0. The molecule has 122 valence electrons. The average Bonchev–Trinajstić information content (AvgIpc) is 2.52. The minimum atomic E-state index is -4.45. The Morgan fingerprint density at radius 2 is 1.87 bits per heavy atom. The van der Waals surface area contributed by atoms with Crippen molar-refractivity contribution in [1.29, 1.82) is 0 Å². The van der Waals surface area contributed by atoms with Crippen LogP contribution in [-0.4, -0.2) is 12.0 Å². The second-order valence-electron chi connectivity index (χ2n) is 4.58. The van der Waals surface area contributed by atoms with Gasteiger partial charge in [-0.25, -0.2) is 0 Å². The van der Waals surface area contributed by atoms with Crippen LogP contribution in [0.25, 0.3) is 0 Å². The summed E-state index contributed by atoms with van der Waals surface area (Å²) in [5, 5.41) is 10.8. The number of nitro groups is 1. The van der Waals surface area contributed by atoms with Crippen LogP contribution in [0.2, 0.25) is 0 Å². The molecule has 0 radical (unpaired) electrons. The van der Waals surface area contributed by atoms with Gasteiger partial charge in [0.05, 0.1) is 23.7 Å². The van der Waals surface area contributed by atoms with E-state index >= 15 is 0 Å². The van der Waals surface area contributed by atoms with Gasteiger partial charge < -0.3 is 9.47 Å². The van der Waals surface area contributed by atoms with Gasteiger partial charge in [-0.15, -0.1) is 0 Å². The summed E-state index contributed by atoms with van der Waals surface area (Å²) in [5.74, 6) is 0.335. The number of nitrogens with zero attached hydrogens (tertiary/aromatic N) is 1. The first-order valence-electron chi connectivity index (χ1n) is 6.42. The number of hydrogen-bond acceptors (Lipinski definition) is 4. The van der Waals surface area contributed by atoms with E-state index in [-0.39, 0.29) is 29.4 Å². The van der Waals surface area contributed by atoms with Gasteiger partial charge in [0.2, 0.25) is 0 Å². The van der Waals surface area contributed by atoms with Crippen LogP contribution in [0, 0.1) is 10.1 Å². The molecule has 0 saturated heterocycles. The van der Waals surface area contributed by atoms with Crippen molar-refractivity contribution in [3.63, 3.8) is 0 Å². The first-order valence-corrected chi connectivity index (χ1v) is 6.42. The number of nitro benzene ring substituents is 1. The first kappa shape index (κ1) is 16.6. The van der Waals surface area contributed by atoms with E-state index in [9.17, 15) is 23.3 Å². The van der Waals surface area contributed by atoms with E-state index in [1.807, 2.05) is 0 Å². The van der Waals surface area contributed by atoms with Crippen LogP contribution in [0.4, 0.5) is 18.9 Å². The van der Waals surface area contributed by atoms with Crippen LogP contribution >= 0.6 is 0 Å². The fourth-order valence-corrected chi connectivity index (χ4v) is 1.89. The lowest BCUT2D eigenvalue weighted by molar-refractivity contribution is -0.385. The van der Waals surface area contributed by atoms with Gasteiger partial charge in [0, 0.05) is 6.07 Å². The Balaban J connectivity index is 2.20. The molecule has 0 atom stereocenters. The zero-order valence-corrected chi connectivity index (χ0v) is 12.0. The number of alkyl halides is 3. The first-order chi connectivity index (χ1) is 10.8. The highest BCUT2D eigenvalue weighted by Crippen LogP contribution is 2.33. The van der Waals surface area contributed by atoms with E-state index in [0.29, 0.717) is 0 Å². The monoisotopic (exact) mass is 327 g/mol. The molecule has 23 heavy (non-hydrogen) atoms. The Morgan fingerprint density at radius 1 is 1.13 bits per heavy atom. The van der Waals surface area contributed by atoms with Crippen LogP contribution in [0.1, 0.15) is 11.1 Å². The van der Waals surface area contributed by atoms with Crippen molar-refractivity contribution in [2.75, 3.05) is 7.11 Å². The summed E-state index contributed by atoms with van der Waals surface area (Å²) in [6, 6.07) is 8.43. The Morgan fingerprint density at radius 3 is 2.48 bits per heavy atom. The highest BCUT2D eigenvalue weighted by atomic mass is 19.4. The Bertz CT molecular complexity index is 716. The van der Waals surface area contributed by atoms with Crippen molar-refractivity contribution in [3.05, 3.63) is 63.7 Å². The number of ether oxygens (including phenoxy) is 2. The number of benzene rings is 2. The van der Waals surface area contributed by atoms with E-state index < -0.39 is 16.7 Å². The van der Waals surface area contributed by atoms with Crippen LogP contribution in [0.3, 0.4) is 0 Å². The predicted octanol–water partition coefficient (Wildman–Crippen LogP) is 4.20. The summed E-state index contributed by atoms with van der Waals surface area (Å²) < 4.78 is 48.4. The smallest absolute Gasteiger partial charge is 0.416 e. The number of non-ortho nitro benzene ring substituents is 1. The minimum absolute atomic E-state index is 0.0825. The molecular weight excluding hydrogens is 315 g/mol. The van der Waals surface area contributed by atoms with Crippen LogP contribution in [0.15, 0.2) is 42.5 Å². The van der Waals surface area contributed by atoms with Gasteiger partial charge in [-0.3, -0.25) is 10.1 Å². The van der Waals surface area contributed by atoms with E-state index in [0.717, 1.165) is 18.2 Å². The fraction of sp³-hybridized carbons (Fsp3) is 0.200. The van der Waals surface area contributed by atoms with Crippen molar-refractivity contribution >= 4 is 5.69 Å². The summed E-state index contributed by atoms with van der Waals surface area (Å²) in [6.45, 7) is -0.179. The standard InChI is InChI=1S/C15H12F3NO4/c1-22-13-6-5-12(19(20)21)8-14(13)23-9-10-3-2-4-11(7-10)15(16,17)18/h2-8H,9H2,1H3. The maximum absolute atomic E-state index is 12.7. The molecule has 0 spiro atoms. The maximum Gasteiger partial charge on any atom is 0.416 e. The average molecular weight is 327 g/mol. The van der Waals surface area contributed by atoms with Crippen LogP contribution < -0.4 is 9.47 Å². The molecule has 0 unspecified atom stereocenters. The largest absolute Gasteiger partial charge is 0.493 e. The second kappa shape index (κ2) is 6.55. The van der Waals surface area contributed by atoms with Gasteiger partial charge in [0.1, 0.15) is 6.61 Å². The SMILES string of the molecule is COc1ccc([N+](=O)[O-])cc1OCc1cccc(C(F)(F)F)c1. The van der Waals surface area contributed by atoms with Crippen LogP contribution in [-0.2, 0) is 12.8 Å². The molecule has 0 fully saturated rings. The number of hydrogen-bond donors (Lipinski definition) is 0. The molecule has 0 N–H and O–H groups in total. The zero-order chi connectivity index (χ0) is 17.0. The third-order valence-electron chi connectivity index (χ3n) is 3.01.